The maximum atomic E-state index is 12.9. The minimum atomic E-state index is -0.887. The zero-order valence-corrected chi connectivity index (χ0v) is 13.5. The normalized spacial score (nSPS) is 25.8. The standard InChI is InChI=1S/C16H18Cl2FNO2/c17-16(18)9-13(16)15(22)20-7-5-11(6-8-20)14(21)10-1-3-12(19)4-2-10/h1-4,11,13-14,21H,5-9H2/t13-,14-/m0/s1. The largest absolute Gasteiger partial charge is 0.388 e. The van der Waals surface area contributed by atoms with Crippen LogP contribution < -0.4 is 0 Å². The number of nitrogens with zero attached hydrogens (tertiary/aromatic N) is 1. The zero-order valence-electron chi connectivity index (χ0n) is 12.0. The van der Waals surface area contributed by atoms with Crippen LogP contribution in [0.25, 0.3) is 0 Å². The molecule has 1 aliphatic carbocycles. The van der Waals surface area contributed by atoms with Gasteiger partial charge in [-0.15, -0.1) is 23.2 Å². The van der Waals surface area contributed by atoms with Crippen LogP contribution in [0.2, 0.25) is 0 Å². The number of likely N-dealkylation sites (tertiary alicyclic amines) is 1. The molecule has 1 aromatic carbocycles. The van der Waals surface area contributed by atoms with Gasteiger partial charge in [0, 0.05) is 13.1 Å². The van der Waals surface area contributed by atoms with Crippen LogP contribution in [-0.4, -0.2) is 33.3 Å². The van der Waals surface area contributed by atoms with Crippen molar-refractivity contribution in [2.45, 2.75) is 29.7 Å². The van der Waals surface area contributed by atoms with Gasteiger partial charge in [-0.3, -0.25) is 4.79 Å². The lowest BCUT2D eigenvalue weighted by atomic mass is 9.87. The zero-order chi connectivity index (χ0) is 15.9. The van der Waals surface area contributed by atoms with Gasteiger partial charge in [0.25, 0.3) is 0 Å². The first-order valence-electron chi connectivity index (χ1n) is 7.48. The second-order valence-electron chi connectivity index (χ2n) is 6.18. The number of rotatable bonds is 3. The number of alkyl halides is 2. The molecular weight excluding hydrogens is 328 g/mol. The third kappa shape index (κ3) is 3.24. The van der Waals surface area contributed by atoms with Gasteiger partial charge in [-0.2, -0.15) is 0 Å². The first kappa shape index (κ1) is 16.0. The molecule has 3 rings (SSSR count). The summed E-state index contributed by atoms with van der Waals surface area (Å²) in [7, 11) is 0. The van der Waals surface area contributed by atoms with Crippen LogP contribution in [0.3, 0.4) is 0 Å². The fourth-order valence-corrected chi connectivity index (χ4v) is 3.56. The van der Waals surface area contributed by atoms with E-state index >= 15 is 0 Å². The number of hydrogen-bond donors (Lipinski definition) is 1. The van der Waals surface area contributed by atoms with Gasteiger partial charge in [0.1, 0.15) is 10.2 Å². The molecule has 1 saturated carbocycles. The average molecular weight is 346 g/mol. The van der Waals surface area contributed by atoms with Crippen molar-refractivity contribution in [3.63, 3.8) is 0 Å². The molecule has 1 aliphatic heterocycles. The van der Waals surface area contributed by atoms with Gasteiger partial charge in [-0.25, -0.2) is 4.39 Å². The Morgan fingerprint density at radius 3 is 2.32 bits per heavy atom. The highest BCUT2D eigenvalue weighted by Gasteiger charge is 2.57. The number of aliphatic hydroxyl groups is 1. The van der Waals surface area contributed by atoms with Crippen LogP contribution in [0.4, 0.5) is 4.39 Å². The van der Waals surface area contributed by atoms with Crippen molar-refractivity contribution >= 4 is 29.1 Å². The molecule has 1 amide bonds. The molecule has 0 radical (unpaired) electrons. The number of carbonyl (C=O) groups is 1. The predicted molar refractivity (Wildman–Crippen MR) is 83.2 cm³/mol. The Morgan fingerprint density at radius 2 is 1.82 bits per heavy atom. The molecule has 1 heterocycles. The van der Waals surface area contributed by atoms with E-state index in [0.717, 1.165) is 0 Å². The van der Waals surface area contributed by atoms with Crippen molar-refractivity contribution in [2.24, 2.45) is 11.8 Å². The first-order chi connectivity index (χ1) is 10.4. The molecule has 2 fully saturated rings. The molecule has 6 heteroatoms. The Balaban J connectivity index is 1.55. The molecule has 120 valence electrons. The van der Waals surface area contributed by atoms with E-state index in [1.807, 2.05) is 0 Å². The Hall–Kier alpha value is -0.840. The lowest BCUT2D eigenvalue weighted by molar-refractivity contribution is -0.134. The third-order valence-electron chi connectivity index (χ3n) is 4.63. The molecular formula is C16H18Cl2FNO2. The van der Waals surface area contributed by atoms with E-state index in [-0.39, 0.29) is 23.6 Å². The smallest absolute Gasteiger partial charge is 0.228 e. The molecule has 22 heavy (non-hydrogen) atoms. The number of benzene rings is 1. The summed E-state index contributed by atoms with van der Waals surface area (Å²) in [5.41, 5.74) is 0.717. The van der Waals surface area contributed by atoms with E-state index in [1.54, 1.807) is 17.0 Å². The quantitative estimate of drug-likeness (QED) is 0.854. The van der Waals surface area contributed by atoms with Crippen molar-refractivity contribution in [1.82, 2.24) is 4.90 Å². The molecule has 3 nitrogen and oxygen atoms in total. The number of hydrogen-bond acceptors (Lipinski definition) is 2. The first-order valence-corrected chi connectivity index (χ1v) is 8.24. The van der Waals surface area contributed by atoms with Crippen LogP contribution in [0.15, 0.2) is 24.3 Å². The van der Waals surface area contributed by atoms with Crippen LogP contribution in [0.5, 0.6) is 0 Å². The van der Waals surface area contributed by atoms with Crippen molar-refractivity contribution < 1.29 is 14.3 Å². The third-order valence-corrected chi connectivity index (χ3v) is 5.47. The highest BCUT2D eigenvalue weighted by molar-refractivity contribution is 6.52. The van der Waals surface area contributed by atoms with Gasteiger partial charge in [-0.05, 0) is 42.9 Å². The monoisotopic (exact) mass is 345 g/mol. The van der Waals surface area contributed by atoms with Crippen LogP contribution >= 0.6 is 23.2 Å². The second kappa shape index (κ2) is 5.99. The van der Waals surface area contributed by atoms with E-state index in [2.05, 4.69) is 0 Å². The summed E-state index contributed by atoms with van der Waals surface area (Å²) >= 11 is 11.9. The average Bonchev–Trinajstić information content (AvgIpc) is 3.15. The fourth-order valence-electron chi connectivity index (χ4n) is 3.07. The molecule has 0 spiro atoms. The Labute approximate surface area is 139 Å². The summed E-state index contributed by atoms with van der Waals surface area (Å²) in [5.74, 6) is -0.508. The van der Waals surface area contributed by atoms with Crippen molar-refractivity contribution in [3.8, 4) is 0 Å². The predicted octanol–water partition coefficient (Wildman–Crippen LogP) is 3.29. The summed E-state index contributed by atoms with van der Waals surface area (Å²) in [6.45, 7) is 1.20. The van der Waals surface area contributed by atoms with E-state index in [9.17, 15) is 14.3 Å². The Morgan fingerprint density at radius 1 is 1.27 bits per heavy atom. The lowest BCUT2D eigenvalue weighted by Gasteiger charge is -2.34. The number of carbonyl (C=O) groups excluding carboxylic acids is 1. The summed E-state index contributed by atoms with van der Waals surface area (Å²) in [4.78, 5) is 14.0. The number of halogens is 3. The summed E-state index contributed by atoms with van der Waals surface area (Å²) < 4.78 is 12.0. The minimum absolute atomic E-state index is 0.0136. The summed E-state index contributed by atoms with van der Waals surface area (Å²) in [6, 6.07) is 5.92. The van der Waals surface area contributed by atoms with E-state index in [0.29, 0.717) is 37.9 Å². The van der Waals surface area contributed by atoms with Crippen LogP contribution in [0.1, 0.15) is 30.9 Å². The minimum Gasteiger partial charge on any atom is -0.388 e. The molecule has 1 aromatic rings. The highest BCUT2D eigenvalue weighted by atomic mass is 35.5. The van der Waals surface area contributed by atoms with Crippen molar-refractivity contribution in [2.75, 3.05) is 13.1 Å². The molecule has 2 atom stereocenters. The maximum Gasteiger partial charge on any atom is 0.228 e. The summed E-state index contributed by atoms with van der Waals surface area (Å²) in [6.07, 6.45) is 1.33. The Kier molecular flexibility index (Phi) is 4.36. The van der Waals surface area contributed by atoms with Crippen LogP contribution in [-0.2, 0) is 4.79 Å². The number of aliphatic hydroxyl groups excluding tert-OH is 1. The SMILES string of the molecule is O=C([C@@H]1CC1(Cl)Cl)N1CCC([C@@H](O)c2ccc(F)cc2)CC1. The topological polar surface area (TPSA) is 40.5 Å². The van der Waals surface area contributed by atoms with Gasteiger partial charge < -0.3 is 10.0 Å². The highest BCUT2D eigenvalue weighted by Crippen LogP contribution is 2.54. The van der Waals surface area contributed by atoms with Crippen molar-refractivity contribution in [1.29, 1.82) is 0 Å². The fraction of sp³-hybridized carbons (Fsp3) is 0.562. The number of amides is 1. The van der Waals surface area contributed by atoms with Gasteiger partial charge in [0.2, 0.25) is 5.91 Å². The van der Waals surface area contributed by atoms with Crippen molar-refractivity contribution in [3.05, 3.63) is 35.6 Å². The Bertz CT molecular complexity index is 556. The molecule has 2 aliphatic rings. The molecule has 1 N–H and O–H groups in total. The van der Waals surface area contributed by atoms with Gasteiger partial charge in [-0.1, -0.05) is 12.1 Å². The number of piperidine rings is 1. The molecule has 1 saturated heterocycles. The maximum absolute atomic E-state index is 12.9. The van der Waals surface area contributed by atoms with E-state index in [4.69, 9.17) is 23.2 Å². The van der Waals surface area contributed by atoms with Gasteiger partial charge in [0.05, 0.1) is 12.0 Å². The van der Waals surface area contributed by atoms with E-state index in [1.165, 1.54) is 12.1 Å². The van der Waals surface area contributed by atoms with Gasteiger partial charge in [0.15, 0.2) is 0 Å². The molecule has 0 unspecified atom stereocenters. The lowest BCUT2D eigenvalue weighted by Crippen LogP contribution is -2.41. The summed E-state index contributed by atoms with van der Waals surface area (Å²) in [5, 5.41) is 10.4. The van der Waals surface area contributed by atoms with Gasteiger partial charge >= 0.3 is 0 Å². The van der Waals surface area contributed by atoms with Crippen LogP contribution in [0, 0.1) is 17.7 Å². The second-order valence-corrected chi connectivity index (χ2v) is 7.72. The molecule has 0 bridgehead atoms. The van der Waals surface area contributed by atoms with E-state index < -0.39 is 10.4 Å². The molecule has 0 aromatic heterocycles.